The Labute approximate surface area is 110 Å². The summed E-state index contributed by atoms with van der Waals surface area (Å²) in [5.41, 5.74) is 2.82. The second-order valence-electron chi connectivity index (χ2n) is 5.72. The summed E-state index contributed by atoms with van der Waals surface area (Å²) in [6, 6.07) is 0. The zero-order valence-electron chi connectivity index (χ0n) is 11.5. The molecule has 2 fully saturated rings. The van der Waals surface area contributed by atoms with Crippen LogP contribution in [0.5, 0.6) is 0 Å². The molecule has 2 rings (SSSR count). The SMILES string of the molecule is COCCN=C(NN)C1CCC2CCCCC2C1. The van der Waals surface area contributed by atoms with Crippen molar-refractivity contribution in [2.45, 2.75) is 44.9 Å². The normalized spacial score (nSPS) is 33.0. The molecule has 0 saturated heterocycles. The third-order valence-corrected chi connectivity index (χ3v) is 4.65. The van der Waals surface area contributed by atoms with E-state index >= 15 is 0 Å². The number of nitrogens with two attached hydrogens (primary N) is 1. The lowest BCUT2D eigenvalue weighted by Gasteiger charge is -2.39. The molecule has 104 valence electrons. The first-order chi connectivity index (χ1) is 8.85. The zero-order valence-corrected chi connectivity index (χ0v) is 11.5. The Bertz CT molecular complexity index is 280. The van der Waals surface area contributed by atoms with Crippen LogP contribution < -0.4 is 11.3 Å². The summed E-state index contributed by atoms with van der Waals surface area (Å²) >= 11 is 0. The first kappa shape index (κ1) is 13.8. The molecule has 0 aromatic carbocycles. The topological polar surface area (TPSA) is 59.6 Å². The van der Waals surface area contributed by atoms with Crippen LogP contribution in [-0.2, 0) is 4.74 Å². The highest BCUT2D eigenvalue weighted by Gasteiger charge is 2.33. The van der Waals surface area contributed by atoms with Crippen LogP contribution in [0.1, 0.15) is 44.9 Å². The Morgan fingerprint density at radius 2 is 2.00 bits per heavy atom. The van der Waals surface area contributed by atoms with E-state index in [1.165, 1.54) is 44.9 Å². The third-order valence-electron chi connectivity index (χ3n) is 4.65. The molecule has 2 aliphatic carbocycles. The maximum atomic E-state index is 5.63. The quantitative estimate of drug-likeness (QED) is 0.265. The van der Waals surface area contributed by atoms with E-state index in [2.05, 4.69) is 10.4 Å². The van der Waals surface area contributed by atoms with Crippen molar-refractivity contribution >= 4 is 5.84 Å². The molecule has 18 heavy (non-hydrogen) atoms. The first-order valence-electron chi connectivity index (χ1n) is 7.35. The number of amidine groups is 1. The number of hydrogen-bond donors (Lipinski definition) is 2. The first-order valence-corrected chi connectivity index (χ1v) is 7.35. The summed E-state index contributed by atoms with van der Waals surface area (Å²) in [6.45, 7) is 1.38. The van der Waals surface area contributed by atoms with Gasteiger partial charge in [0, 0.05) is 13.0 Å². The summed E-state index contributed by atoms with van der Waals surface area (Å²) in [7, 11) is 1.71. The van der Waals surface area contributed by atoms with Crippen LogP contribution in [0.2, 0.25) is 0 Å². The molecule has 0 spiro atoms. The lowest BCUT2D eigenvalue weighted by Crippen LogP contribution is -2.40. The standard InChI is InChI=1S/C14H27N3O/c1-18-9-8-16-14(17-15)13-7-6-11-4-2-3-5-12(11)10-13/h11-13H,2-10,15H2,1H3,(H,16,17). The molecule has 4 nitrogen and oxygen atoms in total. The van der Waals surface area contributed by atoms with Crippen molar-refractivity contribution in [1.29, 1.82) is 0 Å². The molecule has 0 aliphatic heterocycles. The van der Waals surface area contributed by atoms with E-state index in [1.54, 1.807) is 7.11 Å². The van der Waals surface area contributed by atoms with E-state index in [4.69, 9.17) is 10.6 Å². The zero-order chi connectivity index (χ0) is 12.8. The van der Waals surface area contributed by atoms with E-state index in [0.717, 1.165) is 17.7 Å². The van der Waals surface area contributed by atoms with Crippen molar-refractivity contribution in [2.24, 2.45) is 28.6 Å². The molecular weight excluding hydrogens is 226 g/mol. The van der Waals surface area contributed by atoms with Crippen molar-refractivity contribution in [3.8, 4) is 0 Å². The highest BCUT2D eigenvalue weighted by molar-refractivity contribution is 5.84. The van der Waals surface area contributed by atoms with Gasteiger partial charge in [0.25, 0.3) is 0 Å². The fraction of sp³-hybridized carbons (Fsp3) is 0.929. The Kier molecular flexibility index (Phi) is 5.45. The van der Waals surface area contributed by atoms with E-state index in [1.807, 2.05) is 0 Å². The molecule has 4 heteroatoms. The number of hydrogen-bond acceptors (Lipinski definition) is 3. The number of nitrogens with zero attached hydrogens (tertiary/aromatic N) is 1. The van der Waals surface area contributed by atoms with Gasteiger partial charge in [-0.3, -0.25) is 4.99 Å². The summed E-state index contributed by atoms with van der Waals surface area (Å²) in [4.78, 5) is 4.55. The number of hydrazine groups is 1. The minimum absolute atomic E-state index is 0.547. The van der Waals surface area contributed by atoms with E-state index in [0.29, 0.717) is 19.1 Å². The number of aliphatic imine (C=N–C) groups is 1. The van der Waals surface area contributed by atoms with Crippen molar-refractivity contribution < 1.29 is 4.74 Å². The lowest BCUT2D eigenvalue weighted by atomic mass is 9.67. The van der Waals surface area contributed by atoms with Gasteiger partial charge in [0.2, 0.25) is 0 Å². The molecule has 3 atom stereocenters. The fourth-order valence-electron chi connectivity index (χ4n) is 3.67. The largest absolute Gasteiger partial charge is 0.383 e. The van der Waals surface area contributed by atoms with Crippen LogP contribution in [0.25, 0.3) is 0 Å². The molecule has 0 radical (unpaired) electrons. The van der Waals surface area contributed by atoms with Gasteiger partial charge in [-0.25, -0.2) is 5.84 Å². The molecule has 3 N–H and O–H groups in total. The van der Waals surface area contributed by atoms with Gasteiger partial charge >= 0.3 is 0 Å². The Hall–Kier alpha value is -0.610. The number of ether oxygens (including phenoxy) is 1. The van der Waals surface area contributed by atoms with Crippen LogP contribution in [0.15, 0.2) is 4.99 Å². The number of rotatable bonds is 4. The van der Waals surface area contributed by atoms with Crippen LogP contribution in [0.4, 0.5) is 0 Å². The molecular formula is C14H27N3O. The summed E-state index contributed by atoms with van der Waals surface area (Å²) in [6.07, 6.45) is 9.61. The van der Waals surface area contributed by atoms with Gasteiger partial charge in [-0.05, 0) is 31.1 Å². The highest BCUT2D eigenvalue weighted by Crippen LogP contribution is 2.42. The summed E-state index contributed by atoms with van der Waals surface area (Å²) in [5.74, 6) is 9.07. The van der Waals surface area contributed by atoms with Crippen LogP contribution in [-0.4, -0.2) is 26.1 Å². The Balaban J connectivity index is 1.89. The average Bonchev–Trinajstić information content (AvgIpc) is 2.43. The fourth-order valence-corrected chi connectivity index (χ4v) is 3.67. The molecule has 0 amide bonds. The van der Waals surface area contributed by atoms with Crippen LogP contribution in [0.3, 0.4) is 0 Å². The lowest BCUT2D eigenvalue weighted by molar-refractivity contribution is 0.151. The Morgan fingerprint density at radius 1 is 1.22 bits per heavy atom. The van der Waals surface area contributed by atoms with Gasteiger partial charge in [0.05, 0.1) is 13.2 Å². The maximum Gasteiger partial charge on any atom is 0.113 e. The van der Waals surface area contributed by atoms with E-state index in [9.17, 15) is 0 Å². The molecule has 0 aromatic heterocycles. The minimum atomic E-state index is 0.547. The van der Waals surface area contributed by atoms with Gasteiger partial charge in [-0.1, -0.05) is 25.7 Å². The number of fused-ring (bicyclic) bond motifs is 1. The monoisotopic (exact) mass is 253 g/mol. The second kappa shape index (κ2) is 7.10. The molecule has 2 aliphatic rings. The molecule has 0 heterocycles. The van der Waals surface area contributed by atoms with Crippen molar-refractivity contribution in [3.05, 3.63) is 0 Å². The predicted molar refractivity (Wildman–Crippen MR) is 74.3 cm³/mol. The molecule has 0 bridgehead atoms. The van der Waals surface area contributed by atoms with E-state index < -0.39 is 0 Å². The van der Waals surface area contributed by atoms with Crippen molar-refractivity contribution in [1.82, 2.24) is 5.43 Å². The van der Waals surface area contributed by atoms with Gasteiger partial charge in [-0.15, -0.1) is 0 Å². The number of methoxy groups -OCH3 is 1. The van der Waals surface area contributed by atoms with Crippen molar-refractivity contribution in [2.75, 3.05) is 20.3 Å². The number of nitrogens with one attached hydrogen (secondary N) is 1. The molecule has 3 unspecified atom stereocenters. The average molecular weight is 253 g/mol. The summed E-state index contributed by atoms with van der Waals surface area (Å²) in [5, 5.41) is 0. The van der Waals surface area contributed by atoms with E-state index in [-0.39, 0.29) is 0 Å². The van der Waals surface area contributed by atoms with Gasteiger partial charge in [0.1, 0.15) is 5.84 Å². The van der Waals surface area contributed by atoms with Gasteiger partial charge in [-0.2, -0.15) is 0 Å². The molecule has 2 saturated carbocycles. The van der Waals surface area contributed by atoms with Gasteiger partial charge < -0.3 is 10.2 Å². The Morgan fingerprint density at radius 3 is 2.72 bits per heavy atom. The van der Waals surface area contributed by atoms with Crippen LogP contribution in [0, 0.1) is 17.8 Å². The van der Waals surface area contributed by atoms with Crippen molar-refractivity contribution in [3.63, 3.8) is 0 Å². The van der Waals surface area contributed by atoms with Crippen LogP contribution >= 0.6 is 0 Å². The smallest absolute Gasteiger partial charge is 0.113 e. The molecule has 0 aromatic rings. The third kappa shape index (κ3) is 3.45. The predicted octanol–water partition coefficient (Wildman–Crippen LogP) is 2.10. The summed E-state index contributed by atoms with van der Waals surface area (Å²) < 4.78 is 5.03. The second-order valence-corrected chi connectivity index (χ2v) is 5.72. The minimum Gasteiger partial charge on any atom is -0.383 e. The maximum absolute atomic E-state index is 5.63. The van der Waals surface area contributed by atoms with Gasteiger partial charge in [0.15, 0.2) is 0 Å². The highest BCUT2D eigenvalue weighted by atomic mass is 16.5.